The van der Waals surface area contributed by atoms with Crippen LogP contribution >= 0.6 is 0 Å². The van der Waals surface area contributed by atoms with Crippen molar-refractivity contribution < 1.29 is 31.5 Å². The van der Waals surface area contributed by atoms with Gasteiger partial charge in [-0.3, -0.25) is 9.59 Å². The van der Waals surface area contributed by atoms with Crippen molar-refractivity contribution in [1.29, 1.82) is 0 Å². The summed E-state index contributed by atoms with van der Waals surface area (Å²) in [5.41, 5.74) is 0.816. The molecular formula is C23H28F2N4O5S. The Bertz CT molecular complexity index is 1210. The van der Waals surface area contributed by atoms with E-state index in [1.165, 1.54) is 11.0 Å². The number of hydrogen-bond donors (Lipinski definition) is 2. The number of sulfonamides is 1. The van der Waals surface area contributed by atoms with Crippen molar-refractivity contribution >= 4 is 27.5 Å². The highest BCUT2D eigenvalue weighted by Crippen LogP contribution is 2.40. The maximum Gasteiger partial charge on any atom is 0.388 e. The molecule has 1 aromatic heterocycles. The average molecular weight is 511 g/mol. The second kappa shape index (κ2) is 10.2. The van der Waals surface area contributed by atoms with Crippen LogP contribution < -0.4 is 14.8 Å². The molecule has 1 aliphatic heterocycles. The molecule has 35 heavy (non-hydrogen) atoms. The van der Waals surface area contributed by atoms with Gasteiger partial charge in [0.2, 0.25) is 27.7 Å². The molecule has 2 heterocycles. The number of benzene rings is 1. The van der Waals surface area contributed by atoms with Crippen LogP contribution in [0.25, 0.3) is 0 Å². The summed E-state index contributed by atoms with van der Waals surface area (Å²) < 4.78 is 55.2. The number of rotatable bonds is 9. The van der Waals surface area contributed by atoms with Crippen molar-refractivity contribution in [3.05, 3.63) is 53.2 Å². The fourth-order valence-electron chi connectivity index (χ4n) is 4.00. The second-order valence-corrected chi connectivity index (χ2v) is 10.6. The summed E-state index contributed by atoms with van der Waals surface area (Å²) in [5, 5.41) is 2.66. The first kappa shape index (κ1) is 26.5. The topological polar surface area (TPSA) is 118 Å². The molecule has 0 aliphatic carbocycles. The van der Waals surface area contributed by atoms with Gasteiger partial charge in [0.05, 0.1) is 12.8 Å². The number of nitrogens with one attached hydrogen (secondary N) is 2. The van der Waals surface area contributed by atoms with Crippen LogP contribution in [0.2, 0.25) is 0 Å². The van der Waals surface area contributed by atoms with Crippen LogP contribution in [-0.4, -0.2) is 62.6 Å². The zero-order chi connectivity index (χ0) is 26.0. The Morgan fingerprint density at radius 1 is 1.17 bits per heavy atom. The van der Waals surface area contributed by atoms with Crippen LogP contribution in [0.5, 0.6) is 5.88 Å². The van der Waals surface area contributed by atoms with E-state index in [9.17, 15) is 26.8 Å². The zero-order valence-electron chi connectivity index (χ0n) is 19.8. The molecule has 1 aromatic carbocycles. The van der Waals surface area contributed by atoms with Gasteiger partial charge in [-0.2, -0.15) is 8.78 Å². The number of alkyl halides is 2. The second-order valence-electron chi connectivity index (χ2n) is 8.81. The van der Waals surface area contributed by atoms with Crippen LogP contribution in [-0.2, 0) is 25.0 Å². The number of ether oxygens (including phenoxy) is 1. The van der Waals surface area contributed by atoms with Crippen LogP contribution in [0.1, 0.15) is 36.6 Å². The molecule has 0 radical (unpaired) electrons. The molecule has 1 fully saturated rings. The average Bonchev–Trinajstić information content (AvgIpc) is 2.73. The number of aryl methyl sites for hydroxylation is 1. The molecule has 190 valence electrons. The van der Waals surface area contributed by atoms with E-state index in [1.807, 2.05) is 26.0 Å². The van der Waals surface area contributed by atoms with Crippen molar-refractivity contribution in [2.45, 2.75) is 38.7 Å². The van der Waals surface area contributed by atoms with Crippen molar-refractivity contribution in [2.24, 2.45) is 0 Å². The van der Waals surface area contributed by atoms with Crippen LogP contribution in [0.15, 0.2) is 36.4 Å². The SMILES string of the molecule is Cc1ccc(NC(=O)C2(c3ccccc3C(C)C)CN(C(=O)CNS(C)(=O)=O)C2)c(OC(F)F)n1. The van der Waals surface area contributed by atoms with Gasteiger partial charge >= 0.3 is 6.61 Å². The van der Waals surface area contributed by atoms with Crippen molar-refractivity contribution in [3.8, 4) is 5.88 Å². The summed E-state index contributed by atoms with van der Waals surface area (Å²) >= 11 is 0. The van der Waals surface area contributed by atoms with Crippen LogP contribution in [0.3, 0.4) is 0 Å². The number of amides is 2. The van der Waals surface area contributed by atoms with Gasteiger partial charge in [0.1, 0.15) is 11.1 Å². The Labute approximate surface area is 202 Å². The van der Waals surface area contributed by atoms with E-state index < -0.39 is 46.3 Å². The van der Waals surface area contributed by atoms with E-state index >= 15 is 0 Å². The quantitative estimate of drug-likeness (QED) is 0.535. The minimum absolute atomic E-state index is 0.0167. The van der Waals surface area contributed by atoms with Crippen molar-refractivity contribution in [3.63, 3.8) is 0 Å². The number of pyridine rings is 1. The normalized spacial score (nSPS) is 15.1. The highest BCUT2D eigenvalue weighted by atomic mass is 32.2. The first-order valence-electron chi connectivity index (χ1n) is 10.9. The van der Waals surface area contributed by atoms with Gasteiger partial charge in [-0.25, -0.2) is 18.1 Å². The van der Waals surface area contributed by atoms with Gasteiger partial charge in [-0.05, 0) is 36.1 Å². The number of aromatic nitrogens is 1. The molecule has 2 N–H and O–H groups in total. The minimum Gasteiger partial charge on any atom is -0.415 e. The number of likely N-dealkylation sites (tertiary alicyclic amines) is 1. The Hall–Kier alpha value is -3.12. The van der Waals surface area contributed by atoms with Gasteiger partial charge in [0, 0.05) is 18.8 Å². The van der Waals surface area contributed by atoms with E-state index in [2.05, 4.69) is 19.8 Å². The van der Waals surface area contributed by atoms with Crippen LogP contribution in [0.4, 0.5) is 14.5 Å². The molecule has 0 saturated carbocycles. The number of nitrogens with zero attached hydrogens (tertiary/aromatic N) is 2. The summed E-state index contributed by atoms with van der Waals surface area (Å²) in [4.78, 5) is 31.6. The molecule has 0 bridgehead atoms. The summed E-state index contributed by atoms with van der Waals surface area (Å²) in [6, 6.07) is 10.3. The van der Waals surface area contributed by atoms with Crippen LogP contribution in [0, 0.1) is 6.92 Å². The van der Waals surface area contributed by atoms with Gasteiger partial charge in [-0.1, -0.05) is 38.1 Å². The molecule has 1 saturated heterocycles. The predicted octanol–water partition coefficient (Wildman–Crippen LogP) is 2.38. The smallest absolute Gasteiger partial charge is 0.388 e. The molecule has 3 rings (SSSR count). The third-order valence-electron chi connectivity index (χ3n) is 5.74. The zero-order valence-corrected chi connectivity index (χ0v) is 20.7. The number of carbonyl (C=O) groups is 2. The van der Waals surface area contributed by atoms with Crippen molar-refractivity contribution in [2.75, 3.05) is 31.2 Å². The Morgan fingerprint density at radius 2 is 1.83 bits per heavy atom. The van der Waals surface area contributed by atoms with E-state index in [0.717, 1.165) is 11.8 Å². The van der Waals surface area contributed by atoms with E-state index in [4.69, 9.17) is 0 Å². The van der Waals surface area contributed by atoms with Gasteiger partial charge < -0.3 is 15.0 Å². The predicted molar refractivity (Wildman–Crippen MR) is 126 cm³/mol. The maximum absolute atomic E-state index is 13.7. The first-order valence-corrected chi connectivity index (χ1v) is 12.8. The molecule has 0 atom stereocenters. The molecule has 1 aliphatic rings. The fraction of sp³-hybridized carbons (Fsp3) is 0.435. The third kappa shape index (κ3) is 6.12. The molecular weight excluding hydrogens is 482 g/mol. The summed E-state index contributed by atoms with van der Waals surface area (Å²) in [6.45, 7) is 1.95. The lowest BCUT2D eigenvalue weighted by molar-refractivity contribution is -0.143. The Kier molecular flexibility index (Phi) is 7.75. The summed E-state index contributed by atoms with van der Waals surface area (Å²) in [6.07, 6.45) is 0.946. The molecule has 2 amide bonds. The van der Waals surface area contributed by atoms with Gasteiger partial charge in [-0.15, -0.1) is 0 Å². The van der Waals surface area contributed by atoms with Gasteiger partial charge in [0.25, 0.3) is 0 Å². The molecule has 0 unspecified atom stereocenters. The standard InChI is InChI=1S/C23H28F2N4O5S/c1-14(2)16-7-5-6-8-17(16)23(12-29(13-23)19(30)11-26-35(4,32)33)21(31)28-18-10-9-15(3)27-20(18)34-22(24)25/h5-10,14,22,26H,11-13H2,1-4H3,(H,28,31). The lowest BCUT2D eigenvalue weighted by Gasteiger charge is -2.50. The largest absolute Gasteiger partial charge is 0.415 e. The number of hydrogen-bond acceptors (Lipinski definition) is 6. The number of halogens is 2. The fourth-order valence-corrected chi connectivity index (χ4v) is 4.39. The molecule has 12 heteroatoms. The highest BCUT2D eigenvalue weighted by molar-refractivity contribution is 7.88. The van der Waals surface area contributed by atoms with E-state index in [-0.39, 0.29) is 24.7 Å². The molecule has 9 nitrogen and oxygen atoms in total. The highest BCUT2D eigenvalue weighted by Gasteiger charge is 2.53. The monoisotopic (exact) mass is 510 g/mol. The molecule has 0 spiro atoms. The Balaban J connectivity index is 1.94. The lowest BCUT2D eigenvalue weighted by atomic mass is 9.69. The number of anilines is 1. The maximum atomic E-state index is 13.7. The van der Waals surface area contributed by atoms with E-state index in [0.29, 0.717) is 11.3 Å². The Morgan fingerprint density at radius 3 is 2.43 bits per heavy atom. The summed E-state index contributed by atoms with van der Waals surface area (Å²) in [5.74, 6) is -1.35. The lowest BCUT2D eigenvalue weighted by Crippen LogP contribution is -2.67. The van der Waals surface area contributed by atoms with Crippen molar-refractivity contribution in [1.82, 2.24) is 14.6 Å². The number of carbonyl (C=O) groups excluding carboxylic acids is 2. The molecule has 2 aromatic rings. The van der Waals surface area contributed by atoms with E-state index in [1.54, 1.807) is 25.1 Å². The third-order valence-corrected chi connectivity index (χ3v) is 6.41. The van der Waals surface area contributed by atoms with Gasteiger partial charge in [0.15, 0.2) is 0 Å². The summed E-state index contributed by atoms with van der Waals surface area (Å²) in [7, 11) is -3.57. The first-order chi connectivity index (χ1) is 16.3. The minimum atomic E-state index is -3.57.